The number of hydrogen-bond acceptors (Lipinski definition) is 3. The number of carbonyl (C=O) groups is 2. The smallest absolute Gasteiger partial charge is 0.310 e. The van der Waals surface area contributed by atoms with Gasteiger partial charge >= 0.3 is 5.97 Å². The van der Waals surface area contributed by atoms with Crippen LogP contribution < -0.4 is 5.32 Å². The number of aromatic nitrogens is 2. The summed E-state index contributed by atoms with van der Waals surface area (Å²) >= 11 is 0. The molecule has 1 amide bonds. The predicted octanol–water partition coefficient (Wildman–Crippen LogP) is 3.35. The second kappa shape index (κ2) is 7.29. The van der Waals surface area contributed by atoms with Gasteiger partial charge in [0.05, 0.1) is 17.2 Å². The van der Waals surface area contributed by atoms with Crippen LogP contribution in [0.4, 0.5) is 5.69 Å². The van der Waals surface area contributed by atoms with Gasteiger partial charge in [0, 0.05) is 17.9 Å². The molecule has 0 aliphatic carbocycles. The van der Waals surface area contributed by atoms with E-state index in [4.69, 9.17) is 5.11 Å². The number of aryl methyl sites for hydroxylation is 2. The summed E-state index contributed by atoms with van der Waals surface area (Å²) in [5.74, 6) is -1.65. The summed E-state index contributed by atoms with van der Waals surface area (Å²) in [6, 6.07) is 6.87. The Morgan fingerprint density at radius 2 is 1.88 bits per heavy atom. The van der Waals surface area contributed by atoms with E-state index in [1.165, 1.54) is 0 Å². The summed E-state index contributed by atoms with van der Waals surface area (Å²) in [5, 5.41) is 16.3. The number of benzene rings is 1. The number of anilines is 1. The Hall–Kier alpha value is -2.63. The van der Waals surface area contributed by atoms with Gasteiger partial charge in [-0.15, -0.1) is 0 Å². The van der Waals surface area contributed by atoms with E-state index in [2.05, 4.69) is 17.3 Å². The first-order chi connectivity index (χ1) is 11.3. The molecule has 2 rings (SSSR count). The topological polar surface area (TPSA) is 84.2 Å². The van der Waals surface area contributed by atoms with Crippen LogP contribution in [0.15, 0.2) is 24.3 Å². The maximum atomic E-state index is 12.5. The number of hydrogen-bond donors (Lipinski definition) is 2. The van der Waals surface area contributed by atoms with Gasteiger partial charge in [0.15, 0.2) is 0 Å². The molecule has 0 radical (unpaired) electrons. The van der Waals surface area contributed by atoms with Crippen LogP contribution in [0.5, 0.6) is 0 Å². The van der Waals surface area contributed by atoms with Crippen molar-refractivity contribution in [2.24, 2.45) is 0 Å². The molecule has 0 spiro atoms. The highest BCUT2D eigenvalue weighted by Crippen LogP contribution is 2.20. The van der Waals surface area contributed by atoms with Crippen molar-refractivity contribution in [2.45, 2.75) is 46.6 Å². The Balaban J connectivity index is 2.17. The second-order valence-electron chi connectivity index (χ2n) is 5.91. The molecule has 1 heterocycles. The van der Waals surface area contributed by atoms with Crippen LogP contribution in [0.1, 0.15) is 53.5 Å². The minimum Gasteiger partial charge on any atom is -0.481 e. The average molecular weight is 329 g/mol. The Bertz CT molecular complexity index is 748. The minimum atomic E-state index is -0.874. The highest BCUT2D eigenvalue weighted by Gasteiger charge is 2.19. The quantitative estimate of drug-likeness (QED) is 0.851. The molecule has 0 bridgehead atoms. The standard InChI is InChI=1S/C18H23N3O3/c1-5-10-21-13(4)16(12(3)20-21)17(22)19-15-8-6-14(7-9-15)11(2)18(23)24/h6-9,11H,5,10H2,1-4H3,(H,19,22)(H,23,24)/t11-/m0/s1. The van der Waals surface area contributed by atoms with Gasteiger partial charge in [0.25, 0.3) is 5.91 Å². The fourth-order valence-electron chi connectivity index (χ4n) is 2.65. The lowest BCUT2D eigenvalue weighted by Gasteiger charge is -2.09. The van der Waals surface area contributed by atoms with Crippen molar-refractivity contribution >= 4 is 17.6 Å². The van der Waals surface area contributed by atoms with Crippen LogP contribution in [-0.4, -0.2) is 26.8 Å². The van der Waals surface area contributed by atoms with Crippen molar-refractivity contribution < 1.29 is 14.7 Å². The molecule has 1 atom stereocenters. The molecule has 0 saturated carbocycles. The first-order valence-electron chi connectivity index (χ1n) is 8.03. The second-order valence-corrected chi connectivity index (χ2v) is 5.91. The molecular weight excluding hydrogens is 306 g/mol. The molecule has 2 aromatic rings. The van der Waals surface area contributed by atoms with E-state index in [0.29, 0.717) is 22.5 Å². The van der Waals surface area contributed by atoms with Crippen molar-refractivity contribution in [1.29, 1.82) is 0 Å². The highest BCUT2D eigenvalue weighted by atomic mass is 16.4. The van der Waals surface area contributed by atoms with Gasteiger partial charge in [-0.05, 0) is 44.9 Å². The predicted molar refractivity (Wildman–Crippen MR) is 92.4 cm³/mol. The van der Waals surface area contributed by atoms with Gasteiger partial charge in [-0.25, -0.2) is 0 Å². The summed E-state index contributed by atoms with van der Waals surface area (Å²) in [6.45, 7) is 8.19. The van der Waals surface area contributed by atoms with Crippen molar-refractivity contribution in [1.82, 2.24) is 9.78 Å². The maximum absolute atomic E-state index is 12.5. The number of nitrogens with one attached hydrogen (secondary N) is 1. The first kappa shape index (κ1) is 17.7. The number of aliphatic carboxylic acids is 1. The van der Waals surface area contributed by atoms with E-state index in [-0.39, 0.29) is 5.91 Å². The molecule has 2 N–H and O–H groups in total. The third-order valence-electron chi connectivity index (χ3n) is 4.08. The number of carboxylic acid groups (broad SMARTS) is 1. The third-order valence-corrected chi connectivity index (χ3v) is 4.08. The number of carbonyl (C=O) groups excluding carboxylic acids is 1. The van der Waals surface area contributed by atoms with Gasteiger partial charge < -0.3 is 10.4 Å². The number of rotatable bonds is 6. The number of carboxylic acids is 1. The van der Waals surface area contributed by atoms with E-state index in [1.54, 1.807) is 31.2 Å². The highest BCUT2D eigenvalue weighted by molar-refractivity contribution is 6.05. The summed E-state index contributed by atoms with van der Waals surface area (Å²) in [7, 11) is 0. The van der Waals surface area contributed by atoms with Crippen molar-refractivity contribution in [2.75, 3.05) is 5.32 Å². The van der Waals surface area contributed by atoms with Gasteiger partial charge in [-0.1, -0.05) is 19.1 Å². The molecule has 6 heteroatoms. The number of nitrogens with zero attached hydrogens (tertiary/aromatic N) is 2. The van der Waals surface area contributed by atoms with Crippen LogP contribution in [0.3, 0.4) is 0 Å². The molecule has 1 aromatic carbocycles. The molecule has 24 heavy (non-hydrogen) atoms. The molecule has 0 aliphatic heterocycles. The van der Waals surface area contributed by atoms with E-state index in [9.17, 15) is 9.59 Å². The fourth-order valence-corrected chi connectivity index (χ4v) is 2.65. The normalized spacial score (nSPS) is 12.0. The first-order valence-corrected chi connectivity index (χ1v) is 8.03. The molecule has 0 aliphatic rings. The Kier molecular flexibility index (Phi) is 5.39. The van der Waals surface area contributed by atoms with Crippen LogP contribution in [0.25, 0.3) is 0 Å². The largest absolute Gasteiger partial charge is 0.481 e. The monoisotopic (exact) mass is 329 g/mol. The lowest BCUT2D eigenvalue weighted by atomic mass is 10.0. The average Bonchev–Trinajstić information content (AvgIpc) is 2.81. The maximum Gasteiger partial charge on any atom is 0.310 e. The van der Waals surface area contributed by atoms with Crippen molar-refractivity contribution in [3.63, 3.8) is 0 Å². The van der Waals surface area contributed by atoms with Crippen molar-refractivity contribution in [3.8, 4) is 0 Å². The molecule has 0 unspecified atom stereocenters. The van der Waals surface area contributed by atoms with E-state index in [0.717, 1.165) is 18.7 Å². The molecule has 0 saturated heterocycles. The van der Waals surface area contributed by atoms with Crippen molar-refractivity contribution in [3.05, 3.63) is 46.8 Å². The SMILES string of the molecule is CCCn1nc(C)c(C(=O)Nc2ccc([C@H](C)C(=O)O)cc2)c1C. The van der Waals surface area contributed by atoms with E-state index >= 15 is 0 Å². The minimum absolute atomic E-state index is 0.202. The van der Waals surface area contributed by atoms with Crippen LogP contribution >= 0.6 is 0 Å². The Morgan fingerprint density at radius 1 is 1.25 bits per heavy atom. The zero-order valence-electron chi connectivity index (χ0n) is 14.5. The molecule has 6 nitrogen and oxygen atoms in total. The zero-order valence-corrected chi connectivity index (χ0v) is 14.5. The molecule has 128 valence electrons. The van der Waals surface area contributed by atoms with Gasteiger partial charge in [0.2, 0.25) is 0 Å². The zero-order chi connectivity index (χ0) is 17.9. The number of amides is 1. The third kappa shape index (κ3) is 3.64. The summed E-state index contributed by atoms with van der Waals surface area (Å²) in [4.78, 5) is 23.5. The molecule has 0 fully saturated rings. The molecule has 1 aromatic heterocycles. The van der Waals surface area contributed by atoms with Crippen LogP contribution in [-0.2, 0) is 11.3 Å². The van der Waals surface area contributed by atoms with Gasteiger partial charge in [-0.3, -0.25) is 14.3 Å². The van der Waals surface area contributed by atoms with Gasteiger partial charge in [-0.2, -0.15) is 5.10 Å². The van der Waals surface area contributed by atoms with Crippen LogP contribution in [0.2, 0.25) is 0 Å². The molecular formula is C18H23N3O3. The van der Waals surface area contributed by atoms with E-state index in [1.807, 2.05) is 18.5 Å². The summed E-state index contributed by atoms with van der Waals surface area (Å²) < 4.78 is 1.85. The Labute approximate surface area is 141 Å². The summed E-state index contributed by atoms with van der Waals surface area (Å²) in [6.07, 6.45) is 0.951. The van der Waals surface area contributed by atoms with Gasteiger partial charge in [0.1, 0.15) is 0 Å². The van der Waals surface area contributed by atoms with E-state index < -0.39 is 11.9 Å². The lowest BCUT2D eigenvalue weighted by Crippen LogP contribution is -2.14. The lowest BCUT2D eigenvalue weighted by molar-refractivity contribution is -0.138. The fraction of sp³-hybridized carbons (Fsp3) is 0.389. The van der Waals surface area contributed by atoms with Crippen LogP contribution in [0, 0.1) is 13.8 Å². The summed E-state index contributed by atoms with van der Waals surface area (Å²) in [5.41, 5.74) is 3.47. The Morgan fingerprint density at radius 3 is 2.42 bits per heavy atom.